The van der Waals surface area contributed by atoms with Crippen molar-refractivity contribution in [2.75, 3.05) is 0 Å². The maximum atomic E-state index is 12.5. The lowest BCUT2D eigenvalue weighted by Crippen LogP contribution is -2.21. The van der Waals surface area contributed by atoms with E-state index in [1.807, 2.05) is 24.4 Å². The highest BCUT2D eigenvalue weighted by molar-refractivity contribution is 5.64. The van der Waals surface area contributed by atoms with Gasteiger partial charge in [0.15, 0.2) is 0 Å². The molecule has 3 aromatic heterocycles. The quantitative estimate of drug-likeness (QED) is 0.739. The number of hydrogen-bond acceptors (Lipinski definition) is 3. The second-order valence-corrected chi connectivity index (χ2v) is 5.58. The van der Waals surface area contributed by atoms with Gasteiger partial charge in [-0.3, -0.25) is 9.78 Å². The molecule has 0 saturated heterocycles. The Bertz CT molecular complexity index is 802. The summed E-state index contributed by atoms with van der Waals surface area (Å²) < 4.78 is 3.39. The van der Waals surface area contributed by atoms with Crippen molar-refractivity contribution in [1.82, 2.24) is 19.2 Å². The van der Waals surface area contributed by atoms with Crippen LogP contribution in [-0.2, 0) is 6.54 Å². The van der Waals surface area contributed by atoms with E-state index < -0.39 is 0 Å². The van der Waals surface area contributed by atoms with E-state index in [1.54, 1.807) is 27.7 Å². The number of aryl methyl sites for hydroxylation is 1. The lowest BCUT2D eigenvalue weighted by molar-refractivity contribution is 0.507. The van der Waals surface area contributed by atoms with Crippen LogP contribution in [0.15, 0.2) is 47.8 Å². The molecule has 0 aliphatic rings. The highest BCUT2D eigenvalue weighted by atomic mass is 16.1. The Kier molecular flexibility index (Phi) is 3.56. The summed E-state index contributed by atoms with van der Waals surface area (Å²) in [6.45, 7) is 5.05. The standard InChI is InChI=1S/C16H18N4O/c1-12(2)5-7-19-8-9-20-15(16(19)21)10-14(18-20)13-4-3-6-17-11-13/h3-4,6,8-12H,5,7H2,1-2H3. The van der Waals surface area contributed by atoms with E-state index >= 15 is 0 Å². The molecular formula is C16H18N4O. The molecule has 108 valence electrons. The summed E-state index contributed by atoms with van der Waals surface area (Å²) in [5.41, 5.74) is 2.28. The summed E-state index contributed by atoms with van der Waals surface area (Å²) in [5, 5.41) is 4.44. The van der Waals surface area contributed by atoms with Crippen LogP contribution < -0.4 is 5.56 Å². The predicted molar refractivity (Wildman–Crippen MR) is 82.1 cm³/mol. The summed E-state index contributed by atoms with van der Waals surface area (Å²) >= 11 is 0. The predicted octanol–water partition coefficient (Wildman–Crippen LogP) is 2.60. The number of hydrogen-bond donors (Lipinski definition) is 0. The van der Waals surface area contributed by atoms with Crippen LogP contribution in [0.2, 0.25) is 0 Å². The number of fused-ring (bicyclic) bond motifs is 1. The van der Waals surface area contributed by atoms with Crippen LogP contribution in [0.3, 0.4) is 0 Å². The molecule has 0 unspecified atom stereocenters. The average molecular weight is 282 g/mol. The number of aromatic nitrogens is 4. The monoisotopic (exact) mass is 282 g/mol. The van der Waals surface area contributed by atoms with Gasteiger partial charge in [-0.1, -0.05) is 13.8 Å². The van der Waals surface area contributed by atoms with Crippen LogP contribution in [0.1, 0.15) is 20.3 Å². The van der Waals surface area contributed by atoms with Gasteiger partial charge in [-0.05, 0) is 30.5 Å². The molecule has 0 amide bonds. The molecule has 3 rings (SSSR count). The second-order valence-electron chi connectivity index (χ2n) is 5.58. The van der Waals surface area contributed by atoms with Gasteiger partial charge in [0, 0.05) is 36.9 Å². The normalized spacial score (nSPS) is 11.4. The van der Waals surface area contributed by atoms with Crippen LogP contribution in [0.25, 0.3) is 16.8 Å². The van der Waals surface area contributed by atoms with Crippen molar-refractivity contribution < 1.29 is 0 Å². The third-order valence-corrected chi connectivity index (χ3v) is 3.51. The Hall–Kier alpha value is -2.43. The van der Waals surface area contributed by atoms with E-state index in [0.29, 0.717) is 11.4 Å². The van der Waals surface area contributed by atoms with E-state index in [4.69, 9.17) is 0 Å². The number of rotatable bonds is 4. The fourth-order valence-corrected chi connectivity index (χ4v) is 2.25. The topological polar surface area (TPSA) is 52.2 Å². The second kappa shape index (κ2) is 5.52. The van der Waals surface area contributed by atoms with E-state index in [2.05, 4.69) is 23.9 Å². The van der Waals surface area contributed by atoms with Crippen LogP contribution in [0.5, 0.6) is 0 Å². The third-order valence-electron chi connectivity index (χ3n) is 3.51. The molecule has 3 heterocycles. The first-order valence-corrected chi connectivity index (χ1v) is 7.14. The van der Waals surface area contributed by atoms with Gasteiger partial charge < -0.3 is 4.57 Å². The van der Waals surface area contributed by atoms with Crippen molar-refractivity contribution >= 4 is 5.52 Å². The molecule has 0 N–H and O–H groups in total. The van der Waals surface area contributed by atoms with Gasteiger partial charge in [-0.2, -0.15) is 5.10 Å². The Morgan fingerprint density at radius 3 is 2.86 bits per heavy atom. The summed E-state index contributed by atoms with van der Waals surface area (Å²) in [6.07, 6.45) is 8.09. The fourth-order valence-electron chi connectivity index (χ4n) is 2.25. The number of nitrogens with zero attached hydrogens (tertiary/aromatic N) is 4. The molecule has 5 heteroatoms. The van der Waals surface area contributed by atoms with Crippen molar-refractivity contribution in [3.8, 4) is 11.3 Å². The Labute approximate surface area is 122 Å². The smallest absolute Gasteiger partial charge is 0.276 e. The zero-order valence-electron chi connectivity index (χ0n) is 12.2. The highest BCUT2D eigenvalue weighted by Gasteiger charge is 2.09. The molecule has 0 atom stereocenters. The molecule has 0 fully saturated rings. The molecule has 0 bridgehead atoms. The largest absolute Gasteiger partial charge is 0.312 e. The summed E-state index contributed by atoms with van der Waals surface area (Å²) in [4.78, 5) is 16.6. The van der Waals surface area contributed by atoms with Crippen molar-refractivity contribution in [3.63, 3.8) is 0 Å². The maximum Gasteiger partial charge on any atom is 0.276 e. The van der Waals surface area contributed by atoms with E-state index in [0.717, 1.165) is 24.2 Å². The minimum Gasteiger partial charge on any atom is -0.312 e. The van der Waals surface area contributed by atoms with Crippen molar-refractivity contribution in [2.45, 2.75) is 26.8 Å². The molecule has 0 radical (unpaired) electrons. The Morgan fingerprint density at radius 2 is 2.14 bits per heavy atom. The van der Waals surface area contributed by atoms with E-state index in [-0.39, 0.29) is 5.56 Å². The minimum atomic E-state index is 0.000732. The van der Waals surface area contributed by atoms with Gasteiger partial charge >= 0.3 is 0 Å². The van der Waals surface area contributed by atoms with Crippen LogP contribution >= 0.6 is 0 Å². The van der Waals surface area contributed by atoms with Crippen molar-refractivity contribution in [3.05, 3.63) is 53.3 Å². The molecule has 0 saturated carbocycles. The molecule has 0 spiro atoms. The number of pyridine rings is 1. The van der Waals surface area contributed by atoms with Crippen LogP contribution in [-0.4, -0.2) is 19.2 Å². The van der Waals surface area contributed by atoms with Gasteiger partial charge in [0.2, 0.25) is 0 Å². The molecule has 3 aromatic rings. The zero-order valence-corrected chi connectivity index (χ0v) is 12.2. The average Bonchev–Trinajstić information content (AvgIpc) is 2.92. The first kappa shape index (κ1) is 13.5. The highest BCUT2D eigenvalue weighted by Crippen LogP contribution is 2.16. The summed E-state index contributed by atoms with van der Waals surface area (Å²) in [7, 11) is 0. The molecule has 0 aliphatic carbocycles. The zero-order chi connectivity index (χ0) is 14.8. The molecule has 21 heavy (non-hydrogen) atoms. The van der Waals surface area contributed by atoms with Gasteiger partial charge in [0.05, 0.1) is 5.69 Å². The van der Waals surface area contributed by atoms with E-state index in [1.165, 1.54) is 0 Å². The Balaban J connectivity index is 2.02. The Morgan fingerprint density at radius 1 is 1.29 bits per heavy atom. The van der Waals surface area contributed by atoms with Gasteiger partial charge in [0.1, 0.15) is 5.52 Å². The SMILES string of the molecule is CC(C)CCn1ccn2nc(-c3cccnc3)cc2c1=O. The minimum absolute atomic E-state index is 0.000732. The summed E-state index contributed by atoms with van der Waals surface area (Å²) in [5.74, 6) is 0.573. The lowest BCUT2D eigenvalue weighted by atomic mass is 10.1. The van der Waals surface area contributed by atoms with Crippen molar-refractivity contribution in [2.24, 2.45) is 5.92 Å². The molecular weight excluding hydrogens is 264 g/mol. The van der Waals surface area contributed by atoms with Gasteiger partial charge in [-0.25, -0.2) is 4.52 Å². The first-order valence-electron chi connectivity index (χ1n) is 7.14. The van der Waals surface area contributed by atoms with Crippen molar-refractivity contribution in [1.29, 1.82) is 0 Å². The van der Waals surface area contributed by atoms with Gasteiger partial charge in [-0.15, -0.1) is 0 Å². The van der Waals surface area contributed by atoms with Crippen LogP contribution in [0, 0.1) is 5.92 Å². The lowest BCUT2D eigenvalue weighted by Gasteiger charge is -2.07. The molecule has 0 aliphatic heterocycles. The first-order chi connectivity index (χ1) is 10.1. The molecule has 5 nitrogen and oxygen atoms in total. The van der Waals surface area contributed by atoms with Crippen LogP contribution in [0.4, 0.5) is 0 Å². The maximum absolute atomic E-state index is 12.5. The third kappa shape index (κ3) is 2.72. The summed E-state index contributed by atoms with van der Waals surface area (Å²) in [6, 6.07) is 5.62. The van der Waals surface area contributed by atoms with E-state index in [9.17, 15) is 4.79 Å². The fraction of sp³-hybridized carbons (Fsp3) is 0.312. The van der Waals surface area contributed by atoms with Gasteiger partial charge in [0.25, 0.3) is 5.56 Å². The molecule has 0 aromatic carbocycles.